The second-order valence-corrected chi connectivity index (χ2v) is 7.12. The summed E-state index contributed by atoms with van der Waals surface area (Å²) in [5.74, 6) is 0.970. The molecule has 1 N–H and O–H groups in total. The number of benzene rings is 1. The zero-order valence-corrected chi connectivity index (χ0v) is 17.5. The largest absolute Gasteiger partial charge is 0.383 e. The van der Waals surface area contributed by atoms with Crippen LogP contribution in [-0.2, 0) is 11.3 Å². The topological polar surface area (TPSA) is 40.6 Å². The first-order valence-corrected chi connectivity index (χ1v) is 9.40. The number of aromatic nitrogens is 1. The summed E-state index contributed by atoms with van der Waals surface area (Å²) in [6.45, 7) is 5.36. The van der Waals surface area contributed by atoms with Gasteiger partial charge >= 0.3 is 0 Å². The van der Waals surface area contributed by atoms with E-state index in [0.717, 1.165) is 43.6 Å². The number of hydrogen-bond acceptors (Lipinski definition) is 5. The van der Waals surface area contributed by atoms with Crippen LogP contribution in [0.2, 0.25) is 5.02 Å². The maximum Gasteiger partial charge on any atom is 0.128 e. The predicted octanol–water partition coefficient (Wildman–Crippen LogP) is 3.39. The van der Waals surface area contributed by atoms with Crippen molar-refractivity contribution < 1.29 is 4.74 Å². The third-order valence-corrected chi connectivity index (χ3v) is 5.04. The van der Waals surface area contributed by atoms with Crippen LogP contribution in [0.1, 0.15) is 17.2 Å². The summed E-state index contributed by atoms with van der Waals surface area (Å²) in [5.41, 5.74) is 2.48. The summed E-state index contributed by atoms with van der Waals surface area (Å²) in [6, 6.07) is 12.8. The van der Waals surface area contributed by atoms with Gasteiger partial charge in [0.2, 0.25) is 0 Å². The van der Waals surface area contributed by atoms with Crippen LogP contribution >= 0.6 is 24.0 Å². The minimum Gasteiger partial charge on any atom is -0.383 e. The quantitative estimate of drug-likeness (QED) is 0.757. The maximum atomic E-state index is 6.19. The Hall–Kier alpha value is -1.37. The Labute approximate surface area is 173 Å². The third-order valence-electron chi connectivity index (χ3n) is 4.80. The van der Waals surface area contributed by atoms with E-state index < -0.39 is 0 Å². The van der Waals surface area contributed by atoms with Gasteiger partial charge in [0.15, 0.2) is 0 Å². The molecule has 1 fully saturated rings. The molecule has 0 amide bonds. The molecule has 5 nitrogen and oxygen atoms in total. The van der Waals surface area contributed by atoms with Gasteiger partial charge in [-0.3, -0.25) is 4.90 Å². The molecule has 7 heteroatoms. The van der Waals surface area contributed by atoms with Gasteiger partial charge in [-0.1, -0.05) is 29.8 Å². The van der Waals surface area contributed by atoms with Crippen molar-refractivity contribution in [3.63, 3.8) is 0 Å². The molecule has 1 aromatic carbocycles. The molecule has 1 aromatic heterocycles. The molecule has 1 aliphatic rings. The SMILES string of the molecule is COCCN(C)c1ccc(CN2CCNCC2c2cccc(Cl)c2)cn1.Cl. The average molecular weight is 411 g/mol. The zero-order valence-electron chi connectivity index (χ0n) is 15.9. The van der Waals surface area contributed by atoms with Crippen LogP contribution < -0.4 is 10.2 Å². The molecular formula is C20H28Cl2N4O. The molecule has 27 heavy (non-hydrogen) atoms. The monoisotopic (exact) mass is 410 g/mol. The molecule has 0 aliphatic carbocycles. The Morgan fingerprint density at radius 2 is 2.19 bits per heavy atom. The highest BCUT2D eigenvalue weighted by Crippen LogP contribution is 2.26. The van der Waals surface area contributed by atoms with Gasteiger partial charge in [-0.05, 0) is 29.3 Å². The van der Waals surface area contributed by atoms with Crippen molar-refractivity contribution in [2.75, 3.05) is 51.8 Å². The van der Waals surface area contributed by atoms with E-state index in [1.807, 2.05) is 25.4 Å². The van der Waals surface area contributed by atoms with Gasteiger partial charge in [0.25, 0.3) is 0 Å². The first kappa shape index (κ1) is 21.9. The lowest BCUT2D eigenvalue weighted by molar-refractivity contribution is 0.153. The van der Waals surface area contributed by atoms with E-state index >= 15 is 0 Å². The molecule has 148 valence electrons. The standard InChI is InChI=1S/C20H27ClN4O.ClH/c1-24(10-11-26-2)20-7-6-16(13-23-20)15-25-9-8-22-14-19(25)17-4-3-5-18(21)12-17;/h3-7,12-13,19,22H,8-11,14-15H2,1-2H3;1H. The zero-order chi connectivity index (χ0) is 18.4. The van der Waals surface area contributed by atoms with Gasteiger partial charge in [0.05, 0.1) is 6.61 Å². The van der Waals surface area contributed by atoms with E-state index in [1.54, 1.807) is 7.11 Å². The number of hydrogen-bond donors (Lipinski definition) is 1. The summed E-state index contributed by atoms with van der Waals surface area (Å²) in [6.07, 6.45) is 1.98. The Kier molecular flexibility index (Phi) is 8.80. The van der Waals surface area contributed by atoms with Crippen LogP contribution in [0.5, 0.6) is 0 Å². The van der Waals surface area contributed by atoms with Crippen LogP contribution in [0.25, 0.3) is 0 Å². The molecule has 1 aliphatic heterocycles. The Bertz CT molecular complexity index is 699. The van der Waals surface area contributed by atoms with Crippen molar-refractivity contribution in [2.45, 2.75) is 12.6 Å². The summed E-state index contributed by atoms with van der Waals surface area (Å²) in [7, 11) is 3.75. The normalized spacial score (nSPS) is 17.4. The van der Waals surface area contributed by atoms with E-state index in [4.69, 9.17) is 16.3 Å². The molecule has 1 saturated heterocycles. The average Bonchev–Trinajstić information content (AvgIpc) is 2.67. The van der Waals surface area contributed by atoms with Crippen molar-refractivity contribution in [2.24, 2.45) is 0 Å². The third kappa shape index (κ3) is 6.06. The van der Waals surface area contributed by atoms with E-state index in [-0.39, 0.29) is 12.4 Å². The van der Waals surface area contributed by atoms with Gasteiger partial charge in [0, 0.05) is 64.1 Å². The summed E-state index contributed by atoms with van der Waals surface area (Å²) in [5, 5.41) is 4.28. The fourth-order valence-electron chi connectivity index (χ4n) is 3.29. The molecule has 2 aromatic rings. The summed E-state index contributed by atoms with van der Waals surface area (Å²) in [4.78, 5) is 9.21. The Morgan fingerprint density at radius 3 is 2.89 bits per heavy atom. The van der Waals surface area contributed by atoms with Crippen LogP contribution in [0.3, 0.4) is 0 Å². The van der Waals surface area contributed by atoms with Crippen molar-refractivity contribution in [3.05, 3.63) is 58.7 Å². The molecule has 0 bridgehead atoms. The van der Waals surface area contributed by atoms with Crippen molar-refractivity contribution in [1.29, 1.82) is 0 Å². The maximum absolute atomic E-state index is 6.19. The van der Waals surface area contributed by atoms with E-state index in [0.29, 0.717) is 12.6 Å². The lowest BCUT2D eigenvalue weighted by atomic mass is 10.0. The molecular weight excluding hydrogens is 383 g/mol. The highest BCUT2D eigenvalue weighted by atomic mass is 35.5. The van der Waals surface area contributed by atoms with E-state index in [1.165, 1.54) is 11.1 Å². The first-order chi connectivity index (χ1) is 12.7. The van der Waals surface area contributed by atoms with Crippen LogP contribution in [0, 0.1) is 0 Å². The number of ether oxygens (including phenoxy) is 1. The highest BCUT2D eigenvalue weighted by molar-refractivity contribution is 6.30. The number of nitrogens with zero attached hydrogens (tertiary/aromatic N) is 3. The number of piperazine rings is 1. The number of rotatable bonds is 7. The Balaban J connectivity index is 0.00000261. The number of likely N-dealkylation sites (N-methyl/N-ethyl adjacent to an activating group) is 1. The molecule has 0 radical (unpaired) electrons. The number of anilines is 1. The van der Waals surface area contributed by atoms with Gasteiger partial charge < -0.3 is 15.0 Å². The fraction of sp³-hybridized carbons (Fsp3) is 0.450. The van der Waals surface area contributed by atoms with Crippen LogP contribution in [0.15, 0.2) is 42.6 Å². The molecule has 0 saturated carbocycles. The fourth-order valence-corrected chi connectivity index (χ4v) is 3.49. The van der Waals surface area contributed by atoms with E-state index in [9.17, 15) is 0 Å². The van der Waals surface area contributed by atoms with Crippen LogP contribution in [0.4, 0.5) is 5.82 Å². The number of halogens is 2. The molecule has 2 heterocycles. The lowest BCUT2D eigenvalue weighted by Crippen LogP contribution is -2.45. The number of methoxy groups -OCH3 is 1. The van der Waals surface area contributed by atoms with Crippen LogP contribution in [-0.4, -0.2) is 56.8 Å². The second-order valence-electron chi connectivity index (χ2n) is 6.68. The van der Waals surface area contributed by atoms with E-state index in [2.05, 4.69) is 44.4 Å². The lowest BCUT2D eigenvalue weighted by Gasteiger charge is -2.36. The van der Waals surface area contributed by atoms with Gasteiger partial charge in [-0.15, -0.1) is 12.4 Å². The first-order valence-electron chi connectivity index (χ1n) is 9.02. The van der Waals surface area contributed by atoms with Gasteiger partial charge in [-0.25, -0.2) is 4.98 Å². The van der Waals surface area contributed by atoms with Crippen molar-refractivity contribution >= 4 is 29.8 Å². The number of nitrogens with one attached hydrogen (secondary N) is 1. The van der Waals surface area contributed by atoms with Crippen molar-refractivity contribution in [1.82, 2.24) is 15.2 Å². The minimum atomic E-state index is 0. The molecule has 0 spiro atoms. The van der Waals surface area contributed by atoms with Crippen molar-refractivity contribution in [3.8, 4) is 0 Å². The molecule has 1 atom stereocenters. The smallest absolute Gasteiger partial charge is 0.128 e. The minimum absolute atomic E-state index is 0. The molecule has 3 rings (SSSR count). The summed E-state index contributed by atoms with van der Waals surface area (Å²) < 4.78 is 5.13. The highest BCUT2D eigenvalue weighted by Gasteiger charge is 2.24. The van der Waals surface area contributed by atoms with Gasteiger partial charge in [-0.2, -0.15) is 0 Å². The molecule has 1 unspecified atom stereocenters. The van der Waals surface area contributed by atoms with Gasteiger partial charge in [0.1, 0.15) is 5.82 Å². The summed E-state index contributed by atoms with van der Waals surface area (Å²) >= 11 is 6.19. The number of pyridine rings is 1. The second kappa shape index (κ2) is 10.8. The predicted molar refractivity (Wildman–Crippen MR) is 114 cm³/mol. The Morgan fingerprint density at radius 1 is 1.33 bits per heavy atom.